The molecular weight excluding hydrogens is 394 g/mol. The zero-order chi connectivity index (χ0) is 22.0. The number of hydrogen-bond acceptors (Lipinski definition) is 4. The minimum absolute atomic E-state index is 0.188. The topological polar surface area (TPSA) is 87.7 Å². The lowest BCUT2D eigenvalue weighted by Crippen LogP contribution is -2.48. The number of rotatable bonds is 6. The van der Waals surface area contributed by atoms with Crippen molar-refractivity contribution in [1.82, 2.24) is 15.5 Å². The van der Waals surface area contributed by atoms with Crippen LogP contribution < -0.4 is 15.4 Å². The molecule has 7 heteroatoms. The van der Waals surface area contributed by atoms with E-state index in [4.69, 9.17) is 4.74 Å². The van der Waals surface area contributed by atoms with Gasteiger partial charge in [-0.3, -0.25) is 14.5 Å². The van der Waals surface area contributed by atoms with Crippen LogP contribution in [0.15, 0.2) is 54.6 Å². The number of imide groups is 1. The highest BCUT2D eigenvalue weighted by Crippen LogP contribution is 2.40. The molecule has 2 N–H and O–H groups in total. The second kappa shape index (κ2) is 8.41. The molecule has 4 amide bonds. The van der Waals surface area contributed by atoms with Crippen LogP contribution >= 0.6 is 0 Å². The molecule has 4 rings (SSSR count). The molecule has 2 aliphatic rings. The molecular formula is C24H27N3O4. The smallest absolute Gasteiger partial charge is 0.325 e. The van der Waals surface area contributed by atoms with Crippen molar-refractivity contribution in [1.29, 1.82) is 0 Å². The van der Waals surface area contributed by atoms with Crippen LogP contribution in [-0.2, 0) is 15.1 Å². The maximum absolute atomic E-state index is 13.3. The van der Waals surface area contributed by atoms with Crippen molar-refractivity contribution in [2.45, 2.75) is 38.3 Å². The molecule has 0 radical (unpaired) electrons. The number of amides is 4. The molecule has 1 saturated heterocycles. The number of urea groups is 1. The third-order valence-corrected chi connectivity index (χ3v) is 5.80. The van der Waals surface area contributed by atoms with E-state index in [1.165, 1.54) is 0 Å². The summed E-state index contributed by atoms with van der Waals surface area (Å²) in [5.41, 5.74) is 0.448. The third-order valence-electron chi connectivity index (χ3n) is 5.80. The summed E-state index contributed by atoms with van der Waals surface area (Å²) in [6, 6.07) is 16.2. The monoisotopic (exact) mass is 421 g/mol. The molecule has 162 valence electrons. The Morgan fingerprint density at radius 3 is 2.58 bits per heavy atom. The molecule has 0 aliphatic carbocycles. The molecule has 1 fully saturated rings. The maximum atomic E-state index is 13.3. The van der Waals surface area contributed by atoms with Gasteiger partial charge < -0.3 is 15.4 Å². The Morgan fingerprint density at radius 1 is 1.13 bits per heavy atom. The van der Waals surface area contributed by atoms with Crippen LogP contribution in [-0.4, -0.2) is 35.9 Å². The van der Waals surface area contributed by atoms with Gasteiger partial charge in [0.1, 0.15) is 12.3 Å². The minimum Gasteiger partial charge on any atom is -0.493 e. The van der Waals surface area contributed by atoms with Crippen LogP contribution in [0, 0.1) is 5.92 Å². The number of hydrogen-bond donors (Lipinski definition) is 2. The average molecular weight is 421 g/mol. The van der Waals surface area contributed by atoms with Gasteiger partial charge in [0, 0.05) is 12.0 Å². The highest BCUT2D eigenvalue weighted by Gasteiger charge is 2.55. The van der Waals surface area contributed by atoms with Gasteiger partial charge in [0.15, 0.2) is 5.54 Å². The van der Waals surface area contributed by atoms with Gasteiger partial charge in [-0.2, -0.15) is 0 Å². The van der Waals surface area contributed by atoms with Crippen molar-refractivity contribution in [3.8, 4) is 5.75 Å². The summed E-state index contributed by atoms with van der Waals surface area (Å²) >= 11 is 0. The predicted molar refractivity (Wildman–Crippen MR) is 115 cm³/mol. The van der Waals surface area contributed by atoms with Crippen molar-refractivity contribution in [3.63, 3.8) is 0 Å². The molecule has 7 nitrogen and oxygen atoms in total. The largest absolute Gasteiger partial charge is 0.493 e. The van der Waals surface area contributed by atoms with Gasteiger partial charge in [0.05, 0.1) is 12.6 Å². The van der Waals surface area contributed by atoms with E-state index in [0.29, 0.717) is 30.3 Å². The zero-order valence-electron chi connectivity index (χ0n) is 17.8. The van der Waals surface area contributed by atoms with Gasteiger partial charge >= 0.3 is 6.03 Å². The minimum atomic E-state index is -1.18. The third kappa shape index (κ3) is 4.00. The standard InChI is InChI=1S/C24H27N3O4/c1-16(2)14-19(17-8-4-3-5-9-17)25-21(28)15-27-22(29)24(26-23(27)30)12-13-31-20-11-7-6-10-18(20)24/h3-11,16,19H,12-15H2,1-2H3,(H,25,28)(H,26,30)/t19-,24-/m0/s1. The number of benzene rings is 2. The number of nitrogens with one attached hydrogen (secondary N) is 2. The number of nitrogens with zero attached hydrogens (tertiary/aromatic N) is 1. The fourth-order valence-corrected chi connectivity index (χ4v) is 4.33. The average Bonchev–Trinajstić information content (AvgIpc) is 2.98. The number of ether oxygens (including phenoxy) is 1. The molecule has 0 saturated carbocycles. The Labute approximate surface area is 181 Å². The molecule has 31 heavy (non-hydrogen) atoms. The zero-order valence-corrected chi connectivity index (χ0v) is 17.8. The molecule has 2 atom stereocenters. The number of carbonyl (C=O) groups is 3. The number of carbonyl (C=O) groups excluding carboxylic acids is 3. The summed E-state index contributed by atoms with van der Waals surface area (Å²) < 4.78 is 5.65. The first-order valence-electron chi connectivity index (χ1n) is 10.6. The summed E-state index contributed by atoms with van der Waals surface area (Å²) in [6.45, 7) is 4.17. The molecule has 2 aliphatic heterocycles. The molecule has 1 spiro atoms. The highest BCUT2D eigenvalue weighted by atomic mass is 16.5. The van der Waals surface area contributed by atoms with E-state index in [-0.39, 0.29) is 18.5 Å². The first-order chi connectivity index (χ1) is 14.9. The van der Waals surface area contributed by atoms with Crippen LogP contribution in [0.5, 0.6) is 5.75 Å². The lowest BCUT2D eigenvalue weighted by molar-refractivity contribution is -0.136. The fraction of sp³-hybridized carbons (Fsp3) is 0.375. The Morgan fingerprint density at radius 2 is 1.84 bits per heavy atom. The van der Waals surface area contributed by atoms with E-state index >= 15 is 0 Å². The molecule has 2 aromatic rings. The number of para-hydroxylation sites is 1. The first-order valence-corrected chi connectivity index (χ1v) is 10.6. The first kappa shape index (κ1) is 20.9. The van der Waals surface area contributed by atoms with E-state index in [1.54, 1.807) is 18.2 Å². The van der Waals surface area contributed by atoms with Gasteiger partial charge in [0.2, 0.25) is 5.91 Å². The number of fused-ring (bicyclic) bond motifs is 2. The van der Waals surface area contributed by atoms with E-state index in [9.17, 15) is 14.4 Å². The van der Waals surface area contributed by atoms with Gasteiger partial charge in [-0.25, -0.2) is 4.79 Å². The summed E-state index contributed by atoms with van der Waals surface area (Å²) in [5.74, 6) is 0.165. The molecule has 0 aromatic heterocycles. The van der Waals surface area contributed by atoms with Crippen molar-refractivity contribution in [2.24, 2.45) is 5.92 Å². The Balaban J connectivity index is 1.51. The molecule has 2 aromatic carbocycles. The van der Waals surface area contributed by atoms with Crippen LogP contribution in [0.3, 0.4) is 0 Å². The Hall–Kier alpha value is -3.35. The van der Waals surface area contributed by atoms with Crippen LogP contribution in [0.1, 0.15) is 43.9 Å². The van der Waals surface area contributed by atoms with Gasteiger partial charge in [-0.15, -0.1) is 0 Å². The molecule has 0 unspecified atom stereocenters. The van der Waals surface area contributed by atoms with Crippen LogP contribution in [0.25, 0.3) is 0 Å². The van der Waals surface area contributed by atoms with Gasteiger partial charge in [0.25, 0.3) is 5.91 Å². The quantitative estimate of drug-likeness (QED) is 0.702. The molecule has 0 bridgehead atoms. The SMILES string of the molecule is CC(C)C[C@H](NC(=O)CN1C(=O)N[C@]2(CCOc3ccccc32)C1=O)c1ccccc1. The van der Waals surface area contributed by atoms with E-state index in [2.05, 4.69) is 24.5 Å². The maximum Gasteiger partial charge on any atom is 0.325 e. The van der Waals surface area contributed by atoms with Gasteiger partial charge in [-0.1, -0.05) is 62.4 Å². The lowest BCUT2D eigenvalue weighted by atomic mass is 9.84. The lowest BCUT2D eigenvalue weighted by Gasteiger charge is -2.33. The van der Waals surface area contributed by atoms with Crippen molar-refractivity contribution >= 4 is 17.8 Å². The summed E-state index contributed by atoms with van der Waals surface area (Å²) in [7, 11) is 0. The van der Waals surface area contributed by atoms with Crippen molar-refractivity contribution in [2.75, 3.05) is 13.2 Å². The van der Waals surface area contributed by atoms with Gasteiger partial charge in [-0.05, 0) is 24.0 Å². The van der Waals surface area contributed by atoms with Crippen molar-refractivity contribution < 1.29 is 19.1 Å². The second-order valence-electron chi connectivity index (χ2n) is 8.48. The summed E-state index contributed by atoms with van der Waals surface area (Å²) in [4.78, 5) is 39.9. The predicted octanol–water partition coefficient (Wildman–Crippen LogP) is 3.12. The van der Waals surface area contributed by atoms with Crippen LogP contribution in [0.2, 0.25) is 0 Å². The van der Waals surface area contributed by atoms with Crippen molar-refractivity contribution in [3.05, 3.63) is 65.7 Å². The molecule has 2 heterocycles. The Bertz CT molecular complexity index is 991. The highest BCUT2D eigenvalue weighted by molar-refractivity contribution is 6.09. The summed E-state index contributed by atoms with van der Waals surface area (Å²) in [6.07, 6.45) is 1.08. The van der Waals surface area contributed by atoms with E-state index in [1.807, 2.05) is 36.4 Å². The van der Waals surface area contributed by atoms with E-state index < -0.39 is 17.5 Å². The normalized spacial score (nSPS) is 20.9. The summed E-state index contributed by atoms with van der Waals surface area (Å²) in [5, 5.41) is 5.83. The van der Waals surface area contributed by atoms with Crippen LogP contribution in [0.4, 0.5) is 4.79 Å². The van der Waals surface area contributed by atoms with E-state index in [0.717, 1.165) is 16.9 Å². The fourth-order valence-electron chi connectivity index (χ4n) is 4.33. The Kier molecular flexibility index (Phi) is 5.67. The second-order valence-corrected chi connectivity index (χ2v) is 8.48.